The quantitative estimate of drug-likeness (QED) is 0.203. The highest BCUT2D eigenvalue weighted by molar-refractivity contribution is 7.99. The van der Waals surface area contributed by atoms with E-state index in [1.165, 1.54) is 16.7 Å². The van der Waals surface area contributed by atoms with Crippen LogP contribution in [0.15, 0.2) is 84.0 Å². The van der Waals surface area contributed by atoms with E-state index >= 15 is 0 Å². The standard InChI is InChI=1S/C29H29N5OS/c1-21-10-5-6-13-23(21)20-34-25-15-8-7-14-24(25)27-28(34)31-29(33-32-27)36-19-9-16-26(35)30-18-17-22-11-3-2-4-12-22/h2-8,10-15H,9,16-20H2,1H3,(H,30,35). The first-order valence-electron chi connectivity index (χ1n) is 12.3. The van der Waals surface area contributed by atoms with Crippen molar-refractivity contribution in [2.75, 3.05) is 12.3 Å². The molecular formula is C29H29N5OS. The summed E-state index contributed by atoms with van der Waals surface area (Å²) in [6.07, 6.45) is 2.10. The van der Waals surface area contributed by atoms with Gasteiger partial charge in [0.05, 0.1) is 5.52 Å². The minimum Gasteiger partial charge on any atom is -0.356 e. The van der Waals surface area contributed by atoms with Crippen molar-refractivity contribution in [3.05, 3.63) is 95.6 Å². The fourth-order valence-electron chi connectivity index (χ4n) is 4.34. The van der Waals surface area contributed by atoms with Gasteiger partial charge in [0.15, 0.2) is 5.65 Å². The van der Waals surface area contributed by atoms with Gasteiger partial charge in [-0.15, -0.1) is 10.2 Å². The van der Waals surface area contributed by atoms with E-state index in [-0.39, 0.29) is 5.91 Å². The Bertz CT molecular complexity index is 1480. The largest absolute Gasteiger partial charge is 0.356 e. The minimum atomic E-state index is 0.0828. The molecule has 0 saturated carbocycles. The molecule has 5 aromatic rings. The molecule has 1 N–H and O–H groups in total. The molecule has 5 rings (SSSR count). The molecule has 0 aliphatic heterocycles. The molecule has 7 heteroatoms. The number of fused-ring (bicyclic) bond motifs is 3. The number of nitrogens with zero attached hydrogens (tertiary/aromatic N) is 4. The number of carbonyl (C=O) groups excluding carboxylic acids is 1. The van der Waals surface area contributed by atoms with E-state index in [2.05, 4.69) is 75.5 Å². The van der Waals surface area contributed by atoms with E-state index < -0.39 is 0 Å². The van der Waals surface area contributed by atoms with Crippen molar-refractivity contribution < 1.29 is 4.79 Å². The lowest BCUT2D eigenvalue weighted by Crippen LogP contribution is -2.25. The van der Waals surface area contributed by atoms with Crippen LogP contribution in [0.1, 0.15) is 29.5 Å². The van der Waals surface area contributed by atoms with Crippen LogP contribution in [0.25, 0.3) is 22.1 Å². The number of nitrogens with one attached hydrogen (secondary N) is 1. The number of aromatic nitrogens is 4. The normalized spacial score (nSPS) is 11.2. The average Bonchev–Trinajstić information content (AvgIpc) is 3.21. The Kier molecular flexibility index (Phi) is 7.57. The zero-order chi connectivity index (χ0) is 24.7. The second-order valence-electron chi connectivity index (χ2n) is 8.83. The summed E-state index contributed by atoms with van der Waals surface area (Å²) in [6.45, 7) is 3.52. The van der Waals surface area contributed by atoms with E-state index in [0.717, 1.165) is 47.2 Å². The van der Waals surface area contributed by atoms with Crippen LogP contribution in [0.5, 0.6) is 0 Å². The number of carbonyl (C=O) groups is 1. The molecular weight excluding hydrogens is 466 g/mol. The molecule has 6 nitrogen and oxygen atoms in total. The van der Waals surface area contributed by atoms with Crippen LogP contribution in [-0.4, -0.2) is 38.0 Å². The van der Waals surface area contributed by atoms with Crippen LogP contribution in [0.3, 0.4) is 0 Å². The maximum atomic E-state index is 12.2. The molecule has 3 aromatic carbocycles. The van der Waals surface area contributed by atoms with Gasteiger partial charge in [0.25, 0.3) is 0 Å². The number of benzene rings is 3. The van der Waals surface area contributed by atoms with Crippen molar-refractivity contribution in [2.45, 2.75) is 37.9 Å². The summed E-state index contributed by atoms with van der Waals surface area (Å²) >= 11 is 1.55. The molecule has 1 amide bonds. The lowest BCUT2D eigenvalue weighted by atomic mass is 10.1. The van der Waals surface area contributed by atoms with Gasteiger partial charge in [-0.05, 0) is 42.5 Å². The fourth-order valence-corrected chi connectivity index (χ4v) is 5.06. The number of hydrogen-bond donors (Lipinski definition) is 1. The topological polar surface area (TPSA) is 72.7 Å². The van der Waals surface area contributed by atoms with Crippen LogP contribution in [0.4, 0.5) is 0 Å². The molecule has 0 saturated heterocycles. The van der Waals surface area contributed by atoms with Crippen LogP contribution < -0.4 is 5.32 Å². The Morgan fingerprint density at radius 3 is 2.58 bits per heavy atom. The Hall–Kier alpha value is -3.71. The predicted octanol–water partition coefficient (Wildman–Crippen LogP) is 5.57. The van der Waals surface area contributed by atoms with Gasteiger partial charge in [-0.3, -0.25) is 4.79 Å². The lowest BCUT2D eigenvalue weighted by Gasteiger charge is -2.09. The highest BCUT2D eigenvalue weighted by Crippen LogP contribution is 2.28. The average molecular weight is 496 g/mol. The third kappa shape index (κ3) is 5.57. The molecule has 0 radical (unpaired) electrons. The zero-order valence-electron chi connectivity index (χ0n) is 20.4. The monoisotopic (exact) mass is 495 g/mol. The van der Waals surface area contributed by atoms with E-state index in [1.807, 2.05) is 30.3 Å². The predicted molar refractivity (Wildman–Crippen MR) is 146 cm³/mol. The Balaban J connectivity index is 1.22. The molecule has 0 fully saturated rings. The third-order valence-electron chi connectivity index (χ3n) is 6.30. The van der Waals surface area contributed by atoms with Crippen LogP contribution in [0, 0.1) is 6.92 Å². The first kappa shape index (κ1) is 24.0. The van der Waals surface area contributed by atoms with E-state index in [1.54, 1.807) is 11.8 Å². The number of amides is 1. The molecule has 0 aliphatic carbocycles. The van der Waals surface area contributed by atoms with Gasteiger partial charge in [-0.1, -0.05) is 84.6 Å². The smallest absolute Gasteiger partial charge is 0.220 e. The number of thioether (sulfide) groups is 1. The highest BCUT2D eigenvalue weighted by Gasteiger charge is 2.15. The Labute approximate surface area is 215 Å². The van der Waals surface area contributed by atoms with Crippen molar-refractivity contribution in [3.63, 3.8) is 0 Å². The number of hydrogen-bond acceptors (Lipinski definition) is 5. The van der Waals surface area contributed by atoms with Gasteiger partial charge in [-0.25, -0.2) is 4.98 Å². The van der Waals surface area contributed by atoms with Crippen LogP contribution in [0.2, 0.25) is 0 Å². The third-order valence-corrected chi connectivity index (χ3v) is 7.23. The summed E-state index contributed by atoms with van der Waals surface area (Å²) in [7, 11) is 0. The molecule has 0 aliphatic rings. The summed E-state index contributed by atoms with van der Waals surface area (Å²) in [5.74, 6) is 0.844. The van der Waals surface area contributed by atoms with Crippen molar-refractivity contribution in [2.24, 2.45) is 0 Å². The fraction of sp³-hybridized carbons (Fsp3) is 0.241. The molecule has 182 valence electrons. The minimum absolute atomic E-state index is 0.0828. The van der Waals surface area contributed by atoms with E-state index in [0.29, 0.717) is 18.1 Å². The maximum Gasteiger partial charge on any atom is 0.220 e. The summed E-state index contributed by atoms with van der Waals surface area (Å²) in [4.78, 5) is 17.1. The molecule has 0 unspecified atom stereocenters. The van der Waals surface area contributed by atoms with Gasteiger partial charge in [0.1, 0.15) is 5.52 Å². The molecule has 0 bridgehead atoms. The van der Waals surface area contributed by atoms with Gasteiger partial charge in [-0.2, -0.15) is 0 Å². The Morgan fingerprint density at radius 2 is 1.72 bits per heavy atom. The number of aryl methyl sites for hydroxylation is 1. The van der Waals surface area contributed by atoms with Gasteiger partial charge in [0, 0.05) is 30.6 Å². The maximum absolute atomic E-state index is 12.2. The molecule has 2 heterocycles. The summed E-state index contributed by atoms with van der Waals surface area (Å²) < 4.78 is 2.23. The molecule has 0 atom stereocenters. The lowest BCUT2D eigenvalue weighted by molar-refractivity contribution is -0.121. The second kappa shape index (κ2) is 11.4. The van der Waals surface area contributed by atoms with Gasteiger partial charge >= 0.3 is 0 Å². The number of para-hydroxylation sites is 1. The van der Waals surface area contributed by atoms with Gasteiger partial charge in [0.2, 0.25) is 11.1 Å². The number of rotatable bonds is 10. The van der Waals surface area contributed by atoms with Crippen molar-refractivity contribution in [3.8, 4) is 0 Å². The van der Waals surface area contributed by atoms with Crippen molar-refractivity contribution in [1.29, 1.82) is 0 Å². The van der Waals surface area contributed by atoms with Crippen LogP contribution >= 0.6 is 11.8 Å². The van der Waals surface area contributed by atoms with Crippen molar-refractivity contribution in [1.82, 2.24) is 25.1 Å². The summed E-state index contributed by atoms with van der Waals surface area (Å²) in [6, 6.07) is 26.9. The highest BCUT2D eigenvalue weighted by atomic mass is 32.2. The zero-order valence-corrected chi connectivity index (χ0v) is 21.2. The van der Waals surface area contributed by atoms with E-state index in [9.17, 15) is 4.79 Å². The summed E-state index contributed by atoms with van der Waals surface area (Å²) in [5.41, 5.74) is 6.50. The van der Waals surface area contributed by atoms with Crippen LogP contribution in [-0.2, 0) is 17.8 Å². The van der Waals surface area contributed by atoms with E-state index in [4.69, 9.17) is 4.98 Å². The first-order valence-corrected chi connectivity index (χ1v) is 13.3. The molecule has 36 heavy (non-hydrogen) atoms. The van der Waals surface area contributed by atoms with Crippen molar-refractivity contribution >= 4 is 39.7 Å². The molecule has 2 aromatic heterocycles. The summed E-state index contributed by atoms with van der Waals surface area (Å²) in [5, 5.41) is 13.6. The molecule has 0 spiro atoms. The SMILES string of the molecule is Cc1ccccc1Cn1c2ccccc2c2nnc(SCCCC(=O)NCCc3ccccc3)nc21. The first-order chi connectivity index (χ1) is 17.7. The van der Waals surface area contributed by atoms with Gasteiger partial charge < -0.3 is 9.88 Å². The second-order valence-corrected chi connectivity index (χ2v) is 9.90. The Morgan fingerprint density at radius 1 is 0.944 bits per heavy atom.